The summed E-state index contributed by atoms with van der Waals surface area (Å²) in [7, 11) is 1.43. The molecule has 0 unspecified atom stereocenters. The van der Waals surface area contributed by atoms with Crippen molar-refractivity contribution in [2.45, 2.75) is 6.54 Å². The van der Waals surface area contributed by atoms with Crippen molar-refractivity contribution in [1.29, 1.82) is 0 Å². The van der Waals surface area contributed by atoms with Crippen molar-refractivity contribution in [3.8, 4) is 5.75 Å². The Balaban J connectivity index is 2.02. The van der Waals surface area contributed by atoms with Crippen molar-refractivity contribution in [3.63, 3.8) is 0 Å². The molecule has 2 aromatic rings. The fraction of sp³-hybridized carbons (Fsp3) is 0.133. The second kappa shape index (κ2) is 7.50. The molecule has 0 fully saturated rings. The summed E-state index contributed by atoms with van der Waals surface area (Å²) in [5, 5.41) is 17.0. The second-order valence-corrected chi connectivity index (χ2v) is 4.98. The molecule has 2 N–H and O–H groups in total. The summed E-state index contributed by atoms with van der Waals surface area (Å²) < 4.78 is 17.8. The number of nitro benzene ring substituents is 1. The van der Waals surface area contributed by atoms with Crippen molar-refractivity contribution < 1.29 is 14.1 Å². The number of benzene rings is 2. The van der Waals surface area contributed by atoms with Crippen LogP contribution in [0.2, 0.25) is 0 Å². The van der Waals surface area contributed by atoms with Gasteiger partial charge in [-0.2, -0.15) is 0 Å². The number of halogens is 1. The van der Waals surface area contributed by atoms with Crippen LogP contribution in [0.4, 0.5) is 15.8 Å². The lowest BCUT2D eigenvalue weighted by Gasteiger charge is -2.11. The first-order chi connectivity index (χ1) is 11.0. The first-order valence-corrected chi connectivity index (χ1v) is 7.02. The van der Waals surface area contributed by atoms with Crippen LogP contribution in [-0.4, -0.2) is 17.1 Å². The third kappa shape index (κ3) is 4.62. The lowest BCUT2D eigenvalue weighted by molar-refractivity contribution is -0.384. The smallest absolute Gasteiger partial charge is 0.296 e. The Hall–Kier alpha value is -2.74. The van der Waals surface area contributed by atoms with Crippen molar-refractivity contribution in [2.24, 2.45) is 0 Å². The zero-order valence-electron chi connectivity index (χ0n) is 12.2. The van der Waals surface area contributed by atoms with Gasteiger partial charge in [0.15, 0.2) is 5.11 Å². The number of thiocarbonyl (C=S) groups is 1. The molecule has 2 rings (SSSR count). The summed E-state index contributed by atoms with van der Waals surface area (Å²) in [6.07, 6.45) is 0. The molecule has 8 heteroatoms. The van der Waals surface area contributed by atoms with Crippen LogP contribution in [0.1, 0.15) is 5.56 Å². The third-order valence-corrected chi connectivity index (χ3v) is 3.26. The molecule has 0 saturated heterocycles. The van der Waals surface area contributed by atoms with Gasteiger partial charge in [0, 0.05) is 6.54 Å². The fourth-order valence-corrected chi connectivity index (χ4v) is 2.03. The van der Waals surface area contributed by atoms with E-state index in [1.807, 2.05) is 0 Å². The summed E-state index contributed by atoms with van der Waals surface area (Å²) in [6, 6.07) is 10.4. The van der Waals surface area contributed by atoms with Gasteiger partial charge in [0.1, 0.15) is 17.3 Å². The maximum atomic E-state index is 12.8. The Bertz CT molecular complexity index is 722. The number of methoxy groups -OCH3 is 1. The Kier molecular flexibility index (Phi) is 5.42. The molecular weight excluding hydrogens is 321 g/mol. The van der Waals surface area contributed by atoms with Gasteiger partial charge in [0.05, 0.1) is 18.1 Å². The quantitative estimate of drug-likeness (QED) is 0.496. The minimum atomic E-state index is -0.520. The number of hydrogen-bond donors (Lipinski definition) is 2. The molecule has 6 nitrogen and oxygen atoms in total. The van der Waals surface area contributed by atoms with Crippen LogP contribution in [0.5, 0.6) is 5.75 Å². The average molecular weight is 335 g/mol. The zero-order valence-corrected chi connectivity index (χ0v) is 13.0. The van der Waals surface area contributed by atoms with E-state index >= 15 is 0 Å². The maximum Gasteiger partial charge on any atom is 0.296 e. The molecule has 0 aliphatic heterocycles. The van der Waals surface area contributed by atoms with E-state index < -0.39 is 4.92 Å². The highest BCUT2D eigenvalue weighted by Gasteiger charge is 2.16. The normalized spacial score (nSPS) is 10.0. The first-order valence-electron chi connectivity index (χ1n) is 6.61. The van der Waals surface area contributed by atoms with E-state index in [0.717, 1.165) is 5.56 Å². The highest BCUT2D eigenvalue weighted by atomic mass is 32.1. The van der Waals surface area contributed by atoms with Crippen molar-refractivity contribution >= 4 is 28.7 Å². The largest absolute Gasteiger partial charge is 0.496 e. The van der Waals surface area contributed by atoms with Crippen LogP contribution in [-0.2, 0) is 6.54 Å². The van der Waals surface area contributed by atoms with Gasteiger partial charge >= 0.3 is 0 Å². The van der Waals surface area contributed by atoms with Crippen LogP contribution < -0.4 is 15.4 Å². The summed E-state index contributed by atoms with van der Waals surface area (Å²) >= 11 is 5.12. The number of rotatable bonds is 5. The highest BCUT2D eigenvalue weighted by Crippen LogP contribution is 2.28. The van der Waals surface area contributed by atoms with Crippen molar-refractivity contribution in [1.82, 2.24) is 5.32 Å². The molecule has 0 aromatic heterocycles. The fourth-order valence-electron chi connectivity index (χ4n) is 1.85. The Labute approximate surface area is 137 Å². The molecule has 0 heterocycles. The first kappa shape index (κ1) is 16.6. The van der Waals surface area contributed by atoms with Gasteiger partial charge < -0.3 is 15.4 Å². The third-order valence-electron chi connectivity index (χ3n) is 3.02. The van der Waals surface area contributed by atoms with Crippen LogP contribution in [0, 0.1) is 15.9 Å². The minimum Gasteiger partial charge on any atom is -0.496 e. The van der Waals surface area contributed by atoms with Crippen molar-refractivity contribution in [2.75, 3.05) is 12.4 Å². The van der Waals surface area contributed by atoms with Crippen LogP contribution in [0.3, 0.4) is 0 Å². The molecule has 0 bridgehead atoms. The number of nitrogens with zero attached hydrogens (tertiary/aromatic N) is 1. The summed E-state index contributed by atoms with van der Waals surface area (Å²) in [5.74, 6) is 0.0655. The van der Waals surface area contributed by atoms with Crippen LogP contribution in [0.25, 0.3) is 0 Å². The molecule has 23 heavy (non-hydrogen) atoms. The lowest BCUT2D eigenvalue weighted by atomic mass is 10.2. The predicted octanol–water partition coefficient (Wildman–Crippen LogP) is 3.23. The predicted molar refractivity (Wildman–Crippen MR) is 89.1 cm³/mol. The Morgan fingerprint density at radius 1 is 1.30 bits per heavy atom. The maximum absolute atomic E-state index is 12.8. The summed E-state index contributed by atoms with van der Waals surface area (Å²) in [6.45, 7) is 0.371. The molecular formula is C15H14FN3O3S. The average Bonchev–Trinajstić information content (AvgIpc) is 2.54. The van der Waals surface area contributed by atoms with Gasteiger partial charge in [-0.15, -0.1) is 0 Å². The Morgan fingerprint density at radius 2 is 2.00 bits per heavy atom. The molecule has 120 valence electrons. The number of nitrogens with one attached hydrogen (secondary N) is 2. The monoisotopic (exact) mass is 335 g/mol. The zero-order chi connectivity index (χ0) is 16.8. The van der Waals surface area contributed by atoms with E-state index in [1.54, 1.807) is 18.2 Å². The van der Waals surface area contributed by atoms with Gasteiger partial charge in [0.25, 0.3) is 5.69 Å². The van der Waals surface area contributed by atoms with E-state index in [9.17, 15) is 14.5 Å². The molecule has 0 spiro atoms. The molecule has 0 aliphatic carbocycles. The van der Waals surface area contributed by atoms with E-state index in [1.165, 1.54) is 31.4 Å². The molecule has 2 aromatic carbocycles. The number of anilines is 1. The van der Waals surface area contributed by atoms with E-state index in [-0.39, 0.29) is 22.3 Å². The SMILES string of the molecule is COc1ccc(NC(=S)NCc2ccc(F)cc2)c([N+](=O)[O-])c1. The second-order valence-electron chi connectivity index (χ2n) is 4.57. The van der Waals surface area contributed by atoms with E-state index in [4.69, 9.17) is 17.0 Å². The number of ether oxygens (including phenoxy) is 1. The Morgan fingerprint density at radius 3 is 2.61 bits per heavy atom. The van der Waals surface area contributed by atoms with Gasteiger partial charge in [-0.25, -0.2) is 4.39 Å². The summed E-state index contributed by atoms with van der Waals surface area (Å²) in [5.41, 5.74) is 0.947. The van der Waals surface area contributed by atoms with Gasteiger partial charge in [0.2, 0.25) is 0 Å². The number of nitro groups is 1. The van der Waals surface area contributed by atoms with E-state index in [2.05, 4.69) is 10.6 Å². The van der Waals surface area contributed by atoms with Gasteiger partial charge in [-0.3, -0.25) is 10.1 Å². The highest BCUT2D eigenvalue weighted by molar-refractivity contribution is 7.80. The van der Waals surface area contributed by atoms with Gasteiger partial charge in [-0.05, 0) is 42.0 Å². The molecule has 0 amide bonds. The van der Waals surface area contributed by atoms with Crippen LogP contribution >= 0.6 is 12.2 Å². The van der Waals surface area contributed by atoms with Crippen molar-refractivity contribution in [3.05, 3.63) is 64.0 Å². The molecule has 0 saturated carbocycles. The number of hydrogen-bond acceptors (Lipinski definition) is 4. The van der Waals surface area contributed by atoms with Crippen LogP contribution in [0.15, 0.2) is 42.5 Å². The molecule has 0 aliphatic rings. The molecule has 0 radical (unpaired) electrons. The summed E-state index contributed by atoms with van der Waals surface area (Å²) in [4.78, 5) is 10.6. The van der Waals surface area contributed by atoms with E-state index in [0.29, 0.717) is 12.3 Å². The van der Waals surface area contributed by atoms with Gasteiger partial charge in [-0.1, -0.05) is 12.1 Å². The molecule has 0 atom stereocenters. The lowest BCUT2D eigenvalue weighted by Crippen LogP contribution is -2.28. The minimum absolute atomic E-state index is 0.143. The standard InChI is InChI=1S/C15H14FN3O3S/c1-22-12-6-7-13(14(8-12)19(20)21)18-15(23)17-9-10-2-4-11(16)5-3-10/h2-8H,9H2,1H3,(H2,17,18,23). The topological polar surface area (TPSA) is 76.4 Å².